The molecule has 2 bridgehead atoms. The molecule has 0 aromatic heterocycles. The zero-order valence-corrected chi connectivity index (χ0v) is 12.2. The fraction of sp³-hybridized carbons (Fsp3) is 0.706. The van der Waals surface area contributed by atoms with Gasteiger partial charge in [-0.2, -0.15) is 0 Å². The van der Waals surface area contributed by atoms with Crippen molar-refractivity contribution in [2.75, 3.05) is 0 Å². The Hall–Kier alpha value is -1.05. The highest BCUT2D eigenvalue weighted by Crippen LogP contribution is 2.62. The summed E-state index contributed by atoms with van der Waals surface area (Å²) >= 11 is 0. The molecular weight excluding hydrogens is 236 g/mol. The third-order valence-electron chi connectivity index (χ3n) is 5.36. The summed E-state index contributed by atoms with van der Waals surface area (Å²) in [5.74, 6) is 1.58. The van der Waals surface area contributed by atoms with Gasteiger partial charge in [-0.3, -0.25) is 4.79 Å². The molecule has 0 aliphatic heterocycles. The Labute approximate surface area is 116 Å². The third-order valence-corrected chi connectivity index (χ3v) is 5.36. The second-order valence-corrected chi connectivity index (χ2v) is 6.81. The van der Waals surface area contributed by atoms with Gasteiger partial charge >= 0.3 is 5.97 Å². The minimum absolute atomic E-state index is 0.277. The molecular formula is C17H26O2. The molecule has 19 heavy (non-hydrogen) atoms. The normalized spacial score (nSPS) is 32.3. The molecule has 0 aromatic rings. The van der Waals surface area contributed by atoms with Crippen LogP contribution < -0.4 is 0 Å². The van der Waals surface area contributed by atoms with Crippen LogP contribution >= 0.6 is 0 Å². The number of aliphatic carboxylic acids is 1. The van der Waals surface area contributed by atoms with E-state index in [2.05, 4.69) is 32.6 Å². The molecule has 106 valence electrons. The third kappa shape index (κ3) is 2.93. The highest BCUT2D eigenvalue weighted by Gasteiger charge is 2.54. The van der Waals surface area contributed by atoms with Crippen molar-refractivity contribution in [2.45, 2.75) is 52.4 Å². The van der Waals surface area contributed by atoms with Crippen LogP contribution in [0.5, 0.6) is 0 Å². The number of unbranched alkanes of at least 4 members (excludes halogenated alkanes) is 1. The van der Waals surface area contributed by atoms with Crippen molar-refractivity contribution in [2.24, 2.45) is 23.2 Å². The molecule has 0 saturated heterocycles. The molecule has 0 radical (unpaired) electrons. The van der Waals surface area contributed by atoms with Crippen LogP contribution in [0.4, 0.5) is 0 Å². The van der Waals surface area contributed by atoms with Crippen molar-refractivity contribution in [1.82, 2.24) is 0 Å². The Kier molecular flexibility index (Phi) is 4.17. The molecule has 2 nitrogen and oxygen atoms in total. The maximum Gasteiger partial charge on any atom is 0.303 e. The molecule has 3 aliphatic rings. The average molecular weight is 262 g/mol. The monoisotopic (exact) mass is 262 g/mol. The lowest BCUT2D eigenvalue weighted by Gasteiger charge is -2.60. The summed E-state index contributed by atoms with van der Waals surface area (Å²) in [6.45, 7) is 9.10. The molecule has 3 atom stereocenters. The van der Waals surface area contributed by atoms with Crippen molar-refractivity contribution in [3.8, 4) is 0 Å². The second-order valence-electron chi connectivity index (χ2n) is 6.81. The van der Waals surface area contributed by atoms with Crippen LogP contribution in [0, 0.1) is 23.2 Å². The molecule has 2 heteroatoms. The summed E-state index contributed by atoms with van der Waals surface area (Å²) in [6, 6.07) is 0. The first-order chi connectivity index (χ1) is 8.93. The summed E-state index contributed by atoms with van der Waals surface area (Å²) in [7, 11) is 0. The lowest BCUT2D eigenvalue weighted by molar-refractivity contribution is -0.137. The predicted molar refractivity (Wildman–Crippen MR) is 77.9 cm³/mol. The number of carboxylic acid groups (broad SMARTS) is 1. The molecule has 3 aliphatic carbocycles. The van der Waals surface area contributed by atoms with Crippen molar-refractivity contribution < 1.29 is 9.90 Å². The predicted octanol–water partition coefficient (Wildman–Crippen LogP) is 4.43. The van der Waals surface area contributed by atoms with E-state index in [9.17, 15) is 4.79 Å². The van der Waals surface area contributed by atoms with E-state index in [1.165, 1.54) is 18.4 Å². The molecule has 2 unspecified atom stereocenters. The van der Waals surface area contributed by atoms with E-state index in [-0.39, 0.29) is 6.42 Å². The summed E-state index contributed by atoms with van der Waals surface area (Å²) in [4.78, 5) is 10.4. The first-order valence-electron chi connectivity index (χ1n) is 7.48. The van der Waals surface area contributed by atoms with Crippen LogP contribution in [0.1, 0.15) is 52.4 Å². The van der Waals surface area contributed by atoms with E-state index < -0.39 is 5.97 Å². The molecule has 3 rings (SSSR count). The van der Waals surface area contributed by atoms with Gasteiger partial charge in [0.15, 0.2) is 0 Å². The van der Waals surface area contributed by atoms with Crippen molar-refractivity contribution >= 4 is 5.97 Å². The Morgan fingerprint density at radius 3 is 2.74 bits per heavy atom. The molecule has 0 spiro atoms. The number of carbonyl (C=O) groups is 1. The summed E-state index contributed by atoms with van der Waals surface area (Å²) in [6.07, 6.45) is 10.0. The fourth-order valence-corrected chi connectivity index (χ4v) is 3.82. The van der Waals surface area contributed by atoms with Crippen LogP contribution in [0.25, 0.3) is 0 Å². The minimum atomic E-state index is -0.698. The Bertz CT molecular complexity index is 392. The van der Waals surface area contributed by atoms with Gasteiger partial charge in [0.1, 0.15) is 0 Å². The van der Waals surface area contributed by atoms with Crippen molar-refractivity contribution in [1.29, 1.82) is 0 Å². The van der Waals surface area contributed by atoms with E-state index in [1.54, 1.807) is 0 Å². The number of hydrogen-bond donors (Lipinski definition) is 1. The van der Waals surface area contributed by atoms with Gasteiger partial charge in [0.05, 0.1) is 0 Å². The van der Waals surface area contributed by atoms with Crippen LogP contribution in [-0.2, 0) is 4.79 Å². The van der Waals surface area contributed by atoms with E-state index in [0.717, 1.165) is 31.1 Å². The Morgan fingerprint density at radius 1 is 1.42 bits per heavy atom. The number of carboxylic acids is 1. The van der Waals surface area contributed by atoms with Crippen molar-refractivity contribution in [3.05, 3.63) is 24.3 Å². The van der Waals surface area contributed by atoms with Gasteiger partial charge in [0, 0.05) is 6.42 Å². The summed E-state index contributed by atoms with van der Waals surface area (Å²) in [5, 5.41) is 8.56. The maximum absolute atomic E-state index is 10.4. The quantitative estimate of drug-likeness (QED) is 0.568. The SMILES string of the molecule is C=C1C2CC(C[C@@H]1C/C=C\CCCC(=O)O)C2(C)C. The summed E-state index contributed by atoms with van der Waals surface area (Å²) < 4.78 is 0. The Balaban J connectivity index is 1.72. The molecule has 3 saturated carbocycles. The van der Waals surface area contributed by atoms with Gasteiger partial charge in [0.25, 0.3) is 0 Å². The van der Waals surface area contributed by atoms with E-state index in [1.807, 2.05) is 0 Å². The zero-order valence-electron chi connectivity index (χ0n) is 12.2. The first-order valence-corrected chi connectivity index (χ1v) is 7.48. The van der Waals surface area contributed by atoms with Gasteiger partial charge in [-0.25, -0.2) is 0 Å². The van der Waals surface area contributed by atoms with Gasteiger partial charge < -0.3 is 5.11 Å². The summed E-state index contributed by atoms with van der Waals surface area (Å²) in [5.41, 5.74) is 1.95. The van der Waals surface area contributed by atoms with Crippen molar-refractivity contribution in [3.63, 3.8) is 0 Å². The lowest BCUT2D eigenvalue weighted by Crippen LogP contribution is -2.51. The van der Waals surface area contributed by atoms with Gasteiger partial charge in [-0.1, -0.05) is 38.2 Å². The number of rotatable bonds is 6. The fourth-order valence-electron chi connectivity index (χ4n) is 3.82. The first kappa shape index (κ1) is 14.4. The van der Waals surface area contributed by atoms with Crippen LogP contribution in [0.2, 0.25) is 0 Å². The Morgan fingerprint density at radius 2 is 2.16 bits per heavy atom. The minimum Gasteiger partial charge on any atom is -0.481 e. The molecule has 0 amide bonds. The highest BCUT2D eigenvalue weighted by molar-refractivity contribution is 5.66. The largest absolute Gasteiger partial charge is 0.481 e. The maximum atomic E-state index is 10.4. The van der Waals surface area contributed by atoms with E-state index >= 15 is 0 Å². The number of hydrogen-bond acceptors (Lipinski definition) is 1. The second kappa shape index (κ2) is 5.52. The van der Waals surface area contributed by atoms with Crippen LogP contribution in [-0.4, -0.2) is 11.1 Å². The standard InChI is InChI=1S/C17H26O2/c1-12-13(8-6-4-5-7-9-16(18)19)10-14-11-15(12)17(14,2)3/h4,6,13-15H,1,5,7-11H2,2-3H3,(H,18,19)/b6-4-/t13-,14?,15?/m0/s1. The van der Waals surface area contributed by atoms with Gasteiger partial charge in [-0.05, 0) is 55.3 Å². The number of fused-ring (bicyclic) bond motifs is 2. The van der Waals surface area contributed by atoms with E-state index in [0.29, 0.717) is 11.3 Å². The molecule has 1 N–H and O–H groups in total. The van der Waals surface area contributed by atoms with E-state index in [4.69, 9.17) is 5.11 Å². The van der Waals surface area contributed by atoms with Gasteiger partial charge in [-0.15, -0.1) is 0 Å². The number of allylic oxidation sites excluding steroid dienone is 3. The molecule has 3 fully saturated rings. The highest BCUT2D eigenvalue weighted by atomic mass is 16.4. The van der Waals surface area contributed by atoms with Crippen LogP contribution in [0.15, 0.2) is 24.3 Å². The topological polar surface area (TPSA) is 37.3 Å². The zero-order chi connectivity index (χ0) is 14.0. The molecule has 0 aromatic carbocycles. The molecule has 0 heterocycles. The van der Waals surface area contributed by atoms with Gasteiger partial charge in [0.2, 0.25) is 0 Å². The smallest absolute Gasteiger partial charge is 0.303 e. The van der Waals surface area contributed by atoms with Crippen LogP contribution in [0.3, 0.4) is 0 Å². The lowest BCUT2D eigenvalue weighted by atomic mass is 9.45. The average Bonchev–Trinajstić information content (AvgIpc) is 2.34.